The third kappa shape index (κ3) is 2.42. The number of hydrogen-bond donors (Lipinski definition) is 2. The van der Waals surface area contributed by atoms with E-state index in [1.54, 1.807) is 6.33 Å². The second kappa shape index (κ2) is 5.64. The summed E-state index contributed by atoms with van der Waals surface area (Å²) >= 11 is 0. The monoisotopic (exact) mass is 274 g/mol. The largest absolute Gasteiger partial charge is 0.354 e. The Labute approximate surface area is 119 Å². The molecule has 1 aliphatic heterocycles. The first-order chi connectivity index (χ1) is 9.81. The summed E-state index contributed by atoms with van der Waals surface area (Å²) in [7, 11) is 0. The minimum Gasteiger partial charge on any atom is -0.354 e. The van der Waals surface area contributed by atoms with Gasteiger partial charge in [-0.05, 0) is 25.7 Å². The average Bonchev–Trinajstić information content (AvgIpc) is 2.95. The predicted molar refractivity (Wildman–Crippen MR) is 81.1 cm³/mol. The number of aromatic amines is 1. The molecule has 0 amide bonds. The highest BCUT2D eigenvalue weighted by Gasteiger charge is 2.22. The SMILES string of the molecule is CCNc1nc(N2CCCC(CC)C2)c2[nH]cnc2n1. The highest BCUT2D eigenvalue weighted by atomic mass is 15.3. The molecule has 0 spiro atoms. The summed E-state index contributed by atoms with van der Waals surface area (Å²) in [5.41, 5.74) is 1.69. The zero-order valence-corrected chi connectivity index (χ0v) is 12.2. The normalized spacial score (nSPS) is 19.5. The first kappa shape index (κ1) is 13.1. The second-order valence-corrected chi connectivity index (χ2v) is 5.36. The van der Waals surface area contributed by atoms with E-state index in [4.69, 9.17) is 0 Å². The highest BCUT2D eigenvalue weighted by molar-refractivity contribution is 5.84. The molecule has 1 atom stereocenters. The van der Waals surface area contributed by atoms with Gasteiger partial charge in [-0.15, -0.1) is 0 Å². The summed E-state index contributed by atoms with van der Waals surface area (Å²) < 4.78 is 0. The summed E-state index contributed by atoms with van der Waals surface area (Å²) in [6.45, 7) is 7.27. The zero-order valence-electron chi connectivity index (χ0n) is 12.2. The fraction of sp³-hybridized carbons (Fsp3) is 0.643. The van der Waals surface area contributed by atoms with Crippen molar-refractivity contribution in [3.05, 3.63) is 6.33 Å². The average molecular weight is 274 g/mol. The highest BCUT2D eigenvalue weighted by Crippen LogP contribution is 2.28. The van der Waals surface area contributed by atoms with E-state index < -0.39 is 0 Å². The number of nitrogens with zero attached hydrogens (tertiary/aromatic N) is 4. The quantitative estimate of drug-likeness (QED) is 0.896. The van der Waals surface area contributed by atoms with Crippen LogP contribution in [0.5, 0.6) is 0 Å². The maximum absolute atomic E-state index is 4.69. The van der Waals surface area contributed by atoms with Crippen LogP contribution in [0.25, 0.3) is 11.2 Å². The number of nitrogens with one attached hydrogen (secondary N) is 2. The minimum atomic E-state index is 0.667. The number of imidazole rings is 1. The summed E-state index contributed by atoms with van der Waals surface area (Å²) in [5, 5.41) is 3.19. The van der Waals surface area contributed by atoms with Gasteiger partial charge >= 0.3 is 0 Å². The molecule has 20 heavy (non-hydrogen) atoms. The van der Waals surface area contributed by atoms with Gasteiger partial charge in [-0.2, -0.15) is 9.97 Å². The van der Waals surface area contributed by atoms with E-state index in [2.05, 4.69) is 37.1 Å². The van der Waals surface area contributed by atoms with Crippen molar-refractivity contribution in [3.8, 4) is 0 Å². The summed E-state index contributed by atoms with van der Waals surface area (Å²) in [4.78, 5) is 19.0. The molecule has 3 rings (SSSR count). The number of anilines is 2. The van der Waals surface area contributed by atoms with E-state index >= 15 is 0 Å². The van der Waals surface area contributed by atoms with E-state index in [9.17, 15) is 0 Å². The van der Waals surface area contributed by atoms with E-state index in [1.807, 2.05) is 6.92 Å². The van der Waals surface area contributed by atoms with Gasteiger partial charge in [-0.1, -0.05) is 13.3 Å². The molecular formula is C14H22N6. The molecule has 2 aromatic rings. The molecule has 2 aromatic heterocycles. The Morgan fingerprint density at radius 1 is 1.40 bits per heavy atom. The van der Waals surface area contributed by atoms with Crippen molar-refractivity contribution < 1.29 is 0 Å². The third-order valence-electron chi connectivity index (χ3n) is 4.00. The van der Waals surface area contributed by atoms with Crippen LogP contribution in [0.4, 0.5) is 11.8 Å². The molecule has 2 N–H and O–H groups in total. The molecule has 1 aliphatic rings. The molecule has 1 fully saturated rings. The van der Waals surface area contributed by atoms with Crippen LogP contribution in [0.2, 0.25) is 0 Å². The van der Waals surface area contributed by atoms with Gasteiger partial charge in [0.05, 0.1) is 6.33 Å². The van der Waals surface area contributed by atoms with Gasteiger partial charge in [0.15, 0.2) is 11.5 Å². The van der Waals surface area contributed by atoms with Gasteiger partial charge in [0, 0.05) is 19.6 Å². The summed E-state index contributed by atoms with van der Waals surface area (Å²) in [6, 6.07) is 0. The van der Waals surface area contributed by atoms with Crippen LogP contribution in [0.3, 0.4) is 0 Å². The lowest BCUT2D eigenvalue weighted by molar-refractivity contribution is 0.403. The lowest BCUT2D eigenvalue weighted by Crippen LogP contribution is -2.36. The number of H-pyrrole nitrogens is 1. The minimum absolute atomic E-state index is 0.667. The standard InChI is InChI=1S/C14H22N6/c1-3-10-6-5-7-20(8-10)13-11-12(17-9-16-11)18-14(19-13)15-4-2/h9-10H,3-8H2,1-2H3,(H2,15,16,17,18,19). The molecule has 1 unspecified atom stereocenters. The second-order valence-electron chi connectivity index (χ2n) is 5.36. The van der Waals surface area contributed by atoms with Crippen LogP contribution in [0.15, 0.2) is 6.33 Å². The summed E-state index contributed by atoms with van der Waals surface area (Å²) in [6.07, 6.45) is 5.48. The van der Waals surface area contributed by atoms with Crippen LogP contribution in [0, 0.1) is 5.92 Å². The zero-order chi connectivity index (χ0) is 13.9. The molecule has 3 heterocycles. The fourth-order valence-corrected chi connectivity index (χ4v) is 2.87. The number of rotatable bonds is 4. The topological polar surface area (TPSA) is 69.7 Å². The van der Waals surface area contributed by atoms with Crippen molar-refractivity contribution in [2.24, 2.45) is 5.92 Å². The van der Waals surface area contributed by atoms with Crippen LogP contribution in [-0.4, -0.2) is 39.6 Å². The van der Waals surface area contributed by atoms with Gasteiger partial charge in [0.2, 0.25) is 5.95 Å². The Hall–Kier alpha value is -1.85. The Morgan fingerprint density at radius 2 is 2.30 bits per heavy atom. The molecule has 108 valence electrons. The molecule has 0 aliphatic carbocycles. The maximum atomic E-state index is 4.69. The smallest absolute Gasteiger partial charge is 0.226 e. The van der Waals surface area contributed by atoms with Gasteiger partial charge in [-0.3, -0.25) is 0 Å². The lowest BCUT2D eigenvalue weighted by Gasteiger charge is -2.33. The van der Waals surface area contributed by atoms with Crippen molar-refractivity contribution in [1.82, 2.24) is 19.9 Å². The van der Waals surface area contributed by atoms with E-state index in [0.29, 0.717) is 5.95 Å². The third-order valence-corrected chi connectivity index (χ3v) is 4.00. The Balaban J connectivity index is 1.98. The first-order valence-corrected chi connectivity index (χ1v) is 7.51. The number of hydrogen-bond acceptors (Lipinski definition) is 5. The van der Waals surface area contributed by atoms with Crippen molar-refractivity contribution in [2.45, 2.75) is 33.1 Å². The van der Waals surface area contributed by atoms with Crippen LogP contribution in [0.1, 0.15) is 33.1 Å². The Bertz CT molecular complexity index is 578. The molecule has 0 radical (unpaired) electrons. The number of aromatic nitrogens is 4. The molecular weight excluding hydrogens is 252 g/mol. The van der Waals surface area contributed by atoms with Crippen LogP contribution < -0.4 is 10.2 Å². The van der Waals surface area contributed by atoms with Gasteiger partial charge in [0.1, 0.15) is 5.52 Å². The maximum Gasteiger partial charge on any atom is 0.226 e. The predicted octanol–water partition coefficient (Wildman–Crippen LogP) is 2.41. The first-order valence-electron chi connectivity index (χ1n) is 7.51. The molecule has 0 aromatic carbocycles. The van der Waals surface area contributed by atoms with E-state index in [0.717, 1.165) is 42.5 Å². The van der Waals surface area contributed by atoms with Crippen LogP contribution >= 0.6 is 0 Å². The van der Waals surface area contributed by atoms with Gasteiger partial charge < -0.3 is 15.2 Å². The molecule has 6 heteroatoms. The molecule has 1 saturated heterocycles. The van der Waals surface area contributed by atoms with Gasteiger partial charge in [0.25, 0.3) is 0 Å². The summed E-state index contributed by atoms with van der Waals surface area (Å²) in [5.74, 6) is 2.42. The van der Waals surface area contributed by atoms with Crippen molar-refractivity contribution >= 4 is 22.9 Å². The molecule has 0 saturated carbocycles. The van der Waals surface area contributed by atoms with Crippen molar-refractivity contribution in [2.75, 3.05) is 29.9 Å². The molecule has 6 nitrogen and oxygen atoms in total. The van der Waals surface area contributed by atoms with Crippen molar-refractivity contribution in [1.29, 1.82) is 0 Å². The van der Waals surface area contributed by atoms with E-state index in [1.165, 1.54) is 19.3 Å². The van der Waals surface area contributed by atoms with Gasteiger partial charge in [-0.25, -0.2) is 4.98 Å². The lowest BCUT2D eigenvalue weighted by atomic mass is 9.96. The van der Waals surface area contributed by atoms with Crippen molar-refractivity contribution in [3.63, 3.8) is 0 Å². The van der Waals surface area contributed by atoms with Crippen LogP contribution in [-0.2, 0) is 0 Å². The number of fused-ring (bicyclic) bond motifs is 1. The molecule has 0 bridgehead atoms. The van der Waals surface area contributed by atoms with E-state index in [-0.39, 0.29) is 0 Å². The Kier molecular flexibility index (Phi) is 3.71. The fourth-order valence-electron chi connectivity index (χ4n) is 2.87. The number of piperidine rings is 1. The Morgan fingerprint density at radius 3 is 3.10 bits per heavy atom.